The quantitative estimate of drug-likeness (QED) is 0.157. The van der Waals surface area contributed by atoms with Crippen molar-refractivity contribution < 1.29 is 0 Å². The summed E-state index contributed by atoms with van der Waals surface area (Å²) in [5.74, 6) is 4.16. The van der Waals surface area contributed by atoms with Crippen molar-refractivity contribution in [2.24, 2.45) is 23.7 Å². The van der Waals surface area contributed by atoms with Crippen LogP contribution in [0.2, 0.25) is 0 Å². The average molecular weight is 901 g/mol. The van der Waals surface area contributed by atoms with Crippen molar-refractivity contribution in [3.05, 3.63) is 251 Å². The first kappa shape index (κ1) is 40.5. The molecule has 0 aliphatic heterocycles. The van der Waals surface area contributed by atoms with Gasteiger partial charge in [-0.3, -0.25) is 0 Å². The van der Waals surface area contributed by atoms with Gasteiger partial charge in [-0.05, 0) is 207 Å². The Morgan fingerprint density at radius 1 is 0.314 bits per heavy atom. The lowest BCUT2D eigenvalue weighted by molar-refractivity contribution is -0.00276. The third kappa shape index (κ3) is 5.68. The van der Waals surface area contributed by atoms with Gasteiger partial charge >= 0.3 is 0 Å². The fourth-order valence-corrected chi connectivity index (χ4v) is 15.6. The third-order valence-electron chi connectivity index (χ3n) is 18.2. The lowest BCUT2D eigenvalue weighted by atomic mass is 9.51. The second kappa shape index (κ2) is 15.0. The van der Waals surface area contributed by atoms with Crippen molar-refractivity contribution in [1.29, 1.82) is 0 Å². The molecule has 0 N–H and O–H groups in total. The summed E-state index contributed by atoms with van der Waals surface area (Å²) in [6.45, 7) is 4.82. The van der Waals surface area contributed by atoms with Gasteiger partial charge in [0.1, 0.15) is 0 Å². The highest BCUT2D eigenvalue weighted by atomic mass is 15.1. The van der Waals surface area contributed by atoms with Crippen LogP contribution in [-0.2, 0) is 10.8 Å². The highest BCUT2D eigenvalue weighted by molar-refractivity contribution is 5.98. The van der Waals surface area contributed by atoms with Gasteiger partial charge in [-0.1, -0.05) is 153 Å². The minimum Gasteiger partial charge on any atom is -0.310 e. The molecule has 0 radical (unpaired) electrons. The Morgan fingerprint density at radius 2 is 0.700 bits per heavy atom. The molecule has 0 heterocycles. The molecule has 4 fully saturated rings. The highest BCUT2D eigenvalue weighted by Crippen LogP contribution is 2.65. The first-order chi connectivity index (χ1) is 34.4. The van der Waals surface area contributed by atoms with Crippen molar-refractivity contribution in [2.45, 2.75) is 62.7 Å². The monoisotopic (exact) mass is 900 g/mol. The molecular weight excluding hydrogens is 845 g/mol. The maximum Gasteiger partial charge on any atom is 0.0727 e. The molecule has 2 nitrogen and oxygen atoms in total. The Bertz CT molecular complexity index is 3490. The molecule has 2 heteroatoms. The number of para-hydroxylation sites is 2. The summed E-state index contributed by atoms with van der Waals surface area (Å²) in [5, 5.41) is 0. The maximum absolute atomic E-state index is 2.61. The van der Waals surface area contributed by atoms with E-state index in [9.17, 15) is 0 Å². The Kier molecular flexibility index (Phi) is 8.69. The lowest BCUT2D eigenvalue weighted by Gasteiger charge is -2.54. The molecule has 1 atom stereocenters. The minimum atomic E-state index is -0.543. The van der Waals surface area contributed by atoms with Crippen molar-refractivity contribution in [1.82, 2.24) is 0 Å². The van der Waals surface area contributed by atoms with Crippen LogP contribution in [0.1, 0.15) is 90.8 Å². The number of fused-ring (bicyclic) bond motifs is 13. The number of rotatable bonds is 7. The van der Waals surface area contributed by atoms with Gasteiger partial charge in [-0.2, -0.15) is 0 Å². The van der Waals surface area contributed by atoms with Crippen LogP contribution >= 0.6 is 0 Å². The van der Waals surface area contributed by atoms with Crippen LogP contribution in [0.4, 0.5) is 34.1 Å². The van der Waals surface area contributed by atoms with E-state index in [1.165, 1.54) is 116 Å². The van der Waals surface area contributed by atoms with Gasteiger partial charge < -0.3 is 9.80 Å². The Balaban J connectivity index is 0.953. The van der Waals surface area contributed by atoms with Crippen LogP contribution in [0.15, 0.2) is 212 Å². The second-order valence-corrected chi connectivity index (χ2v) is 22.1. The number of nitrogens with zero attached hydrogens (tertiary/aromatic N) is 2. The molecule has 4 bridgehead atoms. The minimum absolute atomic E-state index is 0.123. The van der Waals surface area contributed by atoms with E-state index in [1.54, 1.807) is 5.56 Å². The molecule has 1 spiro atoms. The molecule has 70 heavy (non-hydrogen) atoms. The molecule has 9 aromatic carbocycles. The molecule has 0 amide bonds. The van der Waals surface area contributed by atoms with Crippen LogP contribution < -0.4 is 9.80 Å². The van der Waals surface area contributed by atoms with E-state index in [0.29, 0.717) is 5.92 Å². The molecule has 0 aromatic heterocycles. The zero-order valence-corrected chi connectivity index (χ0v) is 40.0. The number of anilines is 6. The van der Waals surface area contributed by atoms with E-state index < -0.39 is 5.41 Å². The van der Waals surface area contributed by atoms with Crippen molar-refractivity contribution in [2.75, 3.05) is 9.80 Å². The standard InChI is InChI=1S/C68H56N2/c1-67(2)60-25-12-9-22-54(60)57-31-28-51(40-63(57)67)70(50-21-15-16-45(39-50)66-46-35-43-34-44(37-46)38-47(66)36-43)53-30-33-59-56-24-11-14-27-62(56)68(65(59)42-53)61-26-13-10-23-55(61)58-32-29-52(41-64(58)68)69(48-17-5-3-6-18-48)49-19-7-4-8-20-49/h3-33,39-44,46-47,66H,34-38H2,1-2H3/t43-,44+,46-,47+,66?,68?. The predicted octanol–water partition coefficient (Wildman–Crippen LogP) is 17.8. The van der Waals surface area contributed by atoms with Crippen LogP contribution in [0.5, 0.6) is 0 Å². The zero-order valence-electron chi connectivity index (χ0n) is 40.0. The van der Waals surface area contributed by atoms with Gasteiger partial charge in [-0.15, -0.1) is 0 Å². The maximum atomic E-state index is 2.61. The smallest absolute Gasteiger partial charge is 0.0727 e. The van der Waals surface area contributed by atoms with E-state index in [0.717, 1.165) is 40.7 Å². The van der Waals surface area contributed by atoms with Crippen LogP contribution in [0, 0.1) is 23.7 Å². The molecule has 4 saturated carbocycles. The Morgan fingerprint density at radius 3 is 1.23 bits per heavy atom. The summed E-state index contributed by atoms with van der Waals surface area (Å²) >= 11 is 0. The van der Waals surface area contributed by atoms with E-state index in [4.69, 9.17) is 0 Å². The largest absolute Gasteiger partial charge is 0.310 e. The molecular formula is C68H56N2. The summed E-state index contributed by atoms with van der Waals surface area (Å²) in [5.41, 5.74) is 24.1. The molecule has 9 aromatic rings. The van der Waals surface area contributed by atoms with Crippen LogP contribution in [0.3, 0.4) is 0 Å². The number of hydrogen-bond acceptors (Lipinski definition) is 2. The first-order valence-electron chi connectivity index (χ1n) is 26.0. The Hall–Kier alpha value is -7.42. The topological polar surface area (TPSA) is 6.48 Å². The highest BCUT2D eigenvalue weighted by Gasteiger charge is 2.53. The summed E-state index contributed by atoms with van der Waals surface area (Å²) in [6, 6.07) is 81.1. The SMILES string of the molecule is CC1(C)c2ccccc2-c2ccc(N(c3cccc(C4[C@H]5C[C@@H]6C[C@@H](C[C@H]4C6)C5)c3)c3ccc4c(c3)C3(c5ccccc5-c5ccc(N(c6ccccc6)c6ccccc6)cc53)c3ccccc3-4)cc21. The van der Waals surface area contributed by atoms with Crippen LogP contribution in [0.25, 0.3) is 33.4 Å². The van der Waals surface area contributed by atoms with Gasteiger partial charge in [0.15, 0.2) is 0 Å². The number of benzene rings is 9. The summed E-state index contributed by atoms with van der Waals surface area (Å²) < 4.78 is 0. The van der Waals surface area contributed by atoms with Gasteiger partial charge in [-0.25, -0.2) is 0 Å². The van der Waals surface area contributed by atoms with E-state index in [2.05, 4.69) is 236 Å². The average Bonchev–Trinajstić information content (AvgIpc) is 3.95. The van der Waals surface area contributed by atoms with E-state index in [1.807, 2.05) is 0 Å². The number of hydrogen-bond donors (Lipinski definition) is 0. The molecule has 0 saturated heterocycles. The van der Waals surface area contributed by atoms with Crippen molar-refractivity contribution >= 4 is 34.1 Å². The van der Waals surface area contributed by atoms with Gasteiger partial charge in [0.25, 0.3) is 0 Å². The summed E-state index contributed by atoms with van der Waals surface area (Å²) in [7, 11) is 0. The summed E-state index contributed by atoms with van der Waals surface area (Å²) in [4.78, 5) is 5.03. The van der Waals surface area contributed by atoms with E-state index in [-0.39, 0.29) is 5.41 Å². The molecule has 338 valence electrons. The first-order valence-corrected chi connectivity index (χ1v) is 26.0. The predicted molar refractivity (Wildman–Crippen MR) is 289 cm³/mol. The fraction of sp³-hybridized carbons (Fsp3) is 0.206. The van der Waals surface area contributed by atoms with Crippen molar-refractivity contribution in [3.8, 4) is 33.4 Å². The second-order valence-electron chi connectivity index (χ2n) is 22.1. The van der Waals surface area contributed by atoms with Gasteiger partial charge in [0.05, 0.1) is 5.41 Å². The van der Waals surface area contributed by atoms with Gasteiger partial charge in [0, 0.05) is 39.5 Å². The molecule has 7 aliphatic carbocycles. The van der Waals surface area contributed by atoms with E-state index >= 15 is 0 Å². The van der Waals surface area contributed by atoms with Crippen LogP contribution in [-0.4, -0.2) is 0 Å². The summed E-state index contributed by atoms with van der Waals surface area (Å²) in [6.07, 6.45) is 7.14. The third-order valence-corrected chi connectivity index (χ3v) is 18.2. The molecule has 7 aliphatic rings. The molecule has 1 unspecified atom stereocenters. The fourth-order valence-electron chi connectivity index (χ4n) is 15.6. The van der Waals surface area contributed by atoms with Crippen molar-refractivity contribution in [3.63, 3.8) is 0 Å². The normalized spacial score (nSPS) is 23.0. The lowest BCUT2D eigenvalue weighted by Crippen LogP contribution is -2.43. The molecule has 16 rings (SSSR count). The Labute approximate surface area is 412 Å². The van der Waals surface area contributed by atoms with Gasteiger partial charge in [0.2, 0.25) is 0 Å². The zero-order chi connectivity index (χ0) is 46.3.